The highest BCUT2D eigenvalue weighted by Crippen LogP contribution is 2.18. The number of likely N-dealkylation sites (tertiary alicyclic amines) is 1. The third kappa shape index (κ3) is 37.7. The summed E-state index contributed by atoms with van der Waals surface area (Å²) in [5.74, 6) is -5.23. The van der Waals surface area contributed by atoms with Crippen LogP contribution in [0.2, 0.25) is 0 Å². The Hall–Kier alpha value is -4.48. The normalized spacial score (nSPS) is 13.1. The van der Waals surface area contributed by atoms with Gasteiger partial charge in [0.05, 0.1) is 6.04 Å². The number of rotatable bonds is 8. The molecule has 12 N–H and O–H groups in total. The minimum absolute atomic E-state index is 0.0518. The van der Waals surface area contributed by atoms with Gasteiger partial charge in [-0.25, -0.2) is 4.79 Å². The fourth-order valence-electron chi connectivity index (χ4n) is 2.70. The van der Waals surface area contributed by atoms with E-state index in [2.05, 4.69) is 10.3 Å². The molecule has 0 spiro atoms. The standard InChI is InChI=1S/C15H28N6O4.4C2H4O2/c1-9(16)13(23)21-7-4-10(5-8-21)12(22)20-11(14(24)25)3-2-6-19-15(17)18;4*1-2(3)4/h9-11H,2-8,16H2,1H3,(H,20,22)(H,24,25)(H4,17,18,19);4*1H3,(H,3,4)/t9-,11-;;;;/m1..../s1. The number of nitrogens with one attached hydrogen (secondary N) is 1. The number of carbonyl (C=O) groups is 7. The van der Waals surface area contributed by atoms with Gasteiger partial charge in [0.25, 0.3) is 23.9 Å². The molecule has 1 aliphatic heterocycles. The van der Waals surface area contributed by atoms with Crippen molar-refractivity contribution in [2.75, 3.05) is 19.6 Å². The smallest absolute Gasteiger partial charge is 0.326 e. The average molecular weight is 597 g/mol. The molecule has 18 nitrogen and oxygen atoms in total. The summed E-state index contributed by atoms with van der Waals surface area (Å²) in [4.78, 5) is 76.8. The van der Waals surface area contributed by atoms with E-state index in [9.17, 15) is 19.5 Å². The number of guanidine groups is 1. The molecule has 1 saturated heterocycles. The Morgan fingerprint density at radius 1 is 0.829 bits per heavy atom. The van der Waals surface area contributed by atoms with Crippen LogP contribution in [-0.2, 0) is 33.6 Å². The molecule has 41 heavy (non-hydrogen) atoms. The Labute approximate surface area is 237 Å². The van der Waals surface area contributed by atoms with Crippen molar-refractivity contribution in [3.05, 3.63) is 0 Å². The van der Waals surface area contributed by atoms with Crippen molar-refractivity contribution < 1.29 is 59.1 Å². The molecular formula is C23H44N6O12. The topological polar surface area (TPSA) is 326 Å². The van der Waals surface area contributed by atoms with E-state index in [1.165, 1.54) is 0 Å². The van der Waals surface area contributed by atoms with Crippen LogP contribution in [0.5, 0.6) is 0 Å². The zero-order chi connectivity index (χ0) is 33.3. The number of piperidine rings is 1. The molecule has 0 aromatic heterocycles. The van der Waals surface area contributed by atoms with Crippen LogP contribution in [0, 0.1) is 5.92 Å². The molecule has 0 aromatic carbocycles. The number of nitrogens with two attached hydrogens (primary N) is 3. The highest BCUT2D eigenvalue weighted by Gasteiger charge is 2.30. The first-order chi connectivity index (χ1) is 18.6. The van der Waals surface area contributed by atoms with E-state index in [0.717, 1.165) is 27.7 Å². The van der Waals surface area contributed by atoms with E-state index in [-0.39, 0.29) is 30.1 Å². The van der Waals surface area contributed by atoms with Gasteiger partial charge in [-0.15, -0.1) is 0 Å². The number of amides is 2. The number of aliphatic carboxylic acids is 5. The molecule has 0 aromatic rings. The lowest BCUT2D eigenvalue weighted by atomic mass is 9.95. The molecule has 0 aliphatic carbocycles. The van der Waals surface area contributed by atoms with E-state index in [1.807, 2.05) is 0 Å². The van der Waals surface area contributed by atoms with Gasteiger partial charge in [-0.05, 0) is 32.6 Å². The number of carboxylic acids is 5. The van der Waals surface area contributed by atoms with Crippen LogP contribution in [-0.4, -0.2) is 110 Å². The van der Waals surface area contributed by atoms with Gasteiger partial charge in [0.15, 0.2) is 5.96 Å². The van der Waals surface area contributed by atoms with Crippen LogP contribution in [0.4, 0.5) is 0 Å². The fourth-order valence-corrected chi connectivity index (χ4v) is 2.70. The summed E-state index contributed by atoms with van der Waals surface area (Å²) in [6, 6.07) is -1.54. The zero-order valence-electron chi connectivity index (χ0n) is 23.9. The Morgan fingerprint density at radius 3 is 1.49 bits per heavy atom. The van der Waals surface area contributed by atoms with Gasteiger partial charge >= 0.3 is 5.97 Å². The van der Waals surface area contributed by atoms with E-state index >= 15 is 0 Å². The highest BCUT2D eigenvalue weighted by atomic mass is 16.4. The summed E-state index contributed by atoms with van der Waals surface area (Å²) in [5.41, 5.74) is 16.0. The summed E-state index contributed by atoms with van der Waals surface area (Å²) in [5, 5.41) is 41.5. The average Bonchev–Trinajstić information content (AvgIpc) is 2.78. The maximum Gasteiger partial charge on any atom is 0.326 e. The van der Waals surface area contributed by atoms with Crippen molar-refractivity contribution in [3.63, 3.8) is 0 Å². The predicted molar refractivity (Wildman–Crippen MR) is 146 cm³/mol. The Balaban J connectivity index is -0.000000349. The Morgan fingerprint density at radius 2 is 1.20 bits per heavy atom. The van der Waals surface area contributed by atoms with Crippen molar-refractivity contribution in [2.45, 2.75) is 72.4 Å². The molecule has 1 heterocycles. The second-order valence-electron chi connectivity index (χ2n) is 8.31. The third-order valence-corrected chi connectivity index (χ3v) is 4.13. The summed E-state index contributed by atoms with van der Waals surface area (Å²) < 4.78 is 0. The van der Waals surface area contributed by atoms with Gasteiger partial charge in [0, 0.05) is 53.2 Å². The molecule has 0 saturated carbocycles. The van der Waals surface area contributed by atoms with E-state index in [0.29, 0.717) is 38.9 Å². The SMILES string of the molecule is CC(=O)O.CC(=O)O.CC(=O)O.CC(=O)O.C[C@@H](N)C(=O)N1CCC(C(=O)N[C@H](CCCN=C(N)N)C(=O)O)CC1. The number of carbonyl (C=O) groups excluding carboxylic acids is 2. The Bertz CT molecular complexity index is 803. The lowest BCUT2D eigenvalue weighted by Gasteiger charge is -2.32. The predicted octanol–water partition coefficient (Wildman–Crippen LogP) is -1.44. The molecule has 238 valence electrons. The number of hydrogen-bond donors (Lipinski definition) is 9. The summed E-state index contributed by atoms with van der Waals surface area (Å²) >= 11 is 0. The van der Waals surface area contributed by atoms with Crippen LogP contribution in [0.1, 0.15) is 60.3 Å². The molecule has 2 amide bonds. The summed E-state index contributed by atoms with van der Waals surface area (Å²) in [7, 11) is 0. The second-order valence-corrected chi connectivity index (χ2v) is 8.31. The number of hydrogen-bond acceptors (Lipinski definition) is 9. The van der Waals surface area contributed by atoms with Gasteiger partial charge in [-0.1, -0.05) is 0 Å². The van der Waals surface area contributed by atoms with Gasteiger partial charge in [0.2, 0.25) is 11.8 Å². The van der Waals surface area contributed by atoms with Crippen molar-refractivity contribution in [2.24, 2.45) is 28.1 Å². The van der Waals surface area contributed by atoms with Gasteiger partial charge in [-0.3, -0.25) is 33.8 Å². The maximum atomic E-state index is 12.3. The molecule has 0 bridgehead atoms. The van der Waals surface area contributed by atoms with Gasteiger partial charge < -0.3 is 53.0 Å². The van der Waals surface area contributed by atoms with Crippen molar-refractivity contribution in [1.82, 2.24) is 10.2 Å². The third-order valence-electron chi connectivity index (χ3n) is 4.13. The number of aliphatic imine (C=N–C) groups is 1. The highest BCUT2D eigenvalue weighted by molar-refractivity contribution is 5.85. The fraction of sp³-hybridized carbons (Fsp3) is 0.652. The lowest BCUT2D eigenvalue weighted by Crippen LogP contribution is -2.49. The van der Waals surface area contributed by atoms with E-state index < -0.39 is 41.9 Å². The van der Waals surface area contributed by atoms with Crippen molar-refractivity contribution >= 4 is 47.6 Å². The molecule has 1 aliphatic rings. The largest absolute Gasteiger partial charge is 0.481 e. The molecule has 0 unspecified atom stereocenters. The molecule has 1 rings (SSSR count). The first-order valence-electron chi connectivity index (χ1n) is 12.1. The van der Waals surface area contributed by atoms with Crippen LogP contribution >= 0.6 is 0 Å². The first-order valence-corrected chi connectivity index (χ1v) is 12.1. The van der Waals surface area contributed by atoms with Crippen LogP contribution in [0.25, 0.3) is 0 Å². The van der Waals surface area contributed by atoms with Crippen LogP contribution in [0.15, 0.2) is 4.99 Å². The number of nitrogens with zero attached hydrogens (tertiary/aromatic N) is 2. The molecule has 1 fully saturated rings. The number of carboxylic acid groups (broad SMARTS) is 5. The quantitative estimate of drug-likeness (QED) is 0.0879. The molecule has 2 atom stereocenters. The first kappa shape index (κ1) is 43.6. The monoisotopic (exact) mass is 596 g/mol. The van der Waals surface area contributed by atoms with Crippen LogP contribution in [0.3, 0.4) is 0 Å². The van der Waals surface area contributed by atoms with E-state index in [4.69, 9.17) is 56.8 Å². The van der Waals surface area contributed by atoms with Crippen LogP contribution < -0.4 is 22.5 Å². The maximum absolute atomic E-state index is 12.3. The van der Waals surface area contributed by atoms with Crippen molar-refractivity contribution in [1.29, 1.82) is 0 Å². The van der Waals surface area contributed by atoms with Gasteiger partial charge in [-0.2, -0.15) is 0 Å². The minimum Gasteiger partial charge on any atom is -0.481 e. The summed E-state index contributed by atoms with van der Waals surface area (Å²) in [6.45, 7) is 7.15. The second kappa shape index (κ2) is 25.8. The zero-order valence-corrected chi connectivity index (χ0v) is 23.9. The van der Waals surface area contributed by atoms with Crippen molar-refractivity contribution in [3.8, 4) is 0 Å². The minimum atomic E-state index is -1.09. The Kier molecular flexibility index (Phi) is 27.4. The van der Waals surface area contributed by atoms with Gasteiger partial charge in [0.1, 0.15) is 6.04 Å². The summed E-state index contributed by atoms with van der Waals surface area (Å²) in [6.07, 6.45) is 1.66. The molecule has 0 radical (unpaired) electrons. The van der Waals surface area contributed by atoms with E-state index in [1.54, 1.807) is 11.8 Å². The molecule has 18 heteroatoms. The lowest BCUT2D eigenvalue weighted by molar-refractivity contribution is -0.143. The molecular weight excluding hydrogens is 552 g/mol.